The molecule has 0 saturated carbocycles. The van der Waals surface area contributed by atoms with Crippen LogP contribution in [-0.2, 0) is 21.2 Å². The number of rotatable bonds is 5. The summed E-state index contributed by atoms with van der Waals surface area (Å²) in [5.74, 6) is 0.717. The molecule has 0 bridgehead atoms. The average molecular weight is 431 g/mol. The molecule has 0 aromatic heterocycles. The van der Waals surface area contributed by atoms with E-state index in [0.717, 1.165) is 33.6 Å². The zero-order valence-corrected chi connectivity index (χ0v) is 19.2. The van der Waals surface area contributed by atoms with Crippen LogP contribution >= 0.6 is 0 Å². The molecule has 2 aromatic rings. The molecule has 0 unspecified atom stereocenters. The molecule has 0 aliphatic carbocycles. The first kappa shape index (κ1) is 22.3. The van der Waals surface area contributed by atoms with E-state index in [2.05, 4.69) is 0 Å². The van der Waals surface area contributed by atoms with Crippen molar-refractivity contribution in [2.75, 3.05) is 33.3 Å². The Morgan fingerprint density at radius 3 is 2.13 bits per heavy atom. The van der Waals surface area contributed by atoms with Crippen LogP contribution in [0.3, 0.4) is 0 Å². The van der Waals surface area contributed by atoms with Gasteiger partial charge in [0.05, 0.1) is 18.4 Å². The van der Waals surface area contributed by atoms with Gasteiger partial charge in [0.1, 0.15) is 5.75 Å². The van der Waals surface area contributed by atoms with Gasteiger partial charge in [0, 0.05) is 26.2 Å². The van der Waals surface area contributed by atoms with Gasteiger partial charge >= 0.3 is 0 Å². The summed E-state index contributed by atoms with van der Waals surface area (Å²) in [6.45, 7) is 9.00. The van der Waals surface area contributed by atoms with Gasteiger partial charge < -0.3 is 9.64 Å². The predicted molar refractivity (Wildman–Crippen MR) is 117 cm³/mol. The monoisotopic (exact) mass is 430 g/mol. The van der Waals surface area contributed by atoms with Crippen molar-refractivity contribution >= 4 is 15.9 Å². The number of ether oxygens (including phenoxy) is 1. The first-order chi connectivity index (χ1) is 14.1. The van der Waals surface area contributed by atoms with Crippen LogP contribution in [0.2, 0.25) is 0 Å². The quantitative estimate of drug-likeness (QED) is 0.731. The Bertz CT molecular complexity index is 1030. The van der Waals surface area contributed by atoms with Crippen molar-refractivity contribution in [2.45, 2.75) is 39.0 Å². The van der Waals surface area contributed by atoms with Crippen molar-refractivity contribution in [3.63, 3.8) is 0 Å². The van der Waals surface area contributed by atoms with Gasteiger partial charge in [0.2, 0.25) is 15.9 Å². The number of piperazine rings is 1. The molecule has 162 valence electrons. The van der Waals surface area contributed by atoms with Crippen LogP contribution < -0.4 is 4.74 Å². The van der Waals surface area contributed by atoms with E-state index in [1.54, 1.807) is 12.0 Å². The van der Waals surface area contributed by atoms with Crippen LogP contribution in [0.5, 0.6) is 5.75 Å². The first-order valence-electron chi connectivity index (χ1n) is 10.1. The van der Waals surface area contributed by atoms with Crippen molar-refractivity contribution in [3.05, 3.63) is 58.1 Å². The summed E-state index contributed by atoms with van der Waals surface area (Å²) in [6.07, 6.45) is 0.277. The highest BCUT2D eigenvalue weighted by Crippen LogP contribution is 2.29. The van der Waals surface area contributed by atoms with E-state index in [-0.39, 0.29) is 12.3 Å². The van der Waals surface area contributed by atoms with Crippen LogP contribution in [-0.4, -0.2) is 56.8 Å². The molecule has 0 radical (unpaired) electrons. The summed E-state index contributed by atoms with van der Waals surface area (Å²) in [5.41, 5.74) is 4.44. The van der Waals surface area contributed by atoms with Gasteiger partial charge in [0.15, 0.2) is 0 Å². The second kappa shape index (κ2) is 8.78. The molecule has 1 aliphatic heterocycles. The molecule has 1 aliphatic rings. The molecule has 1 saturated heterocycles. The van der Waals surface area contributed by atoms with E-state index < -0.39 is 10.0 Å². The fourth-order valence-corrected chi connectivity index (χ4v) is 5.94. The Morgan fingerprint density at radius 2 is 1.57 bits per heavy atom. The average Bonchev–Trinajstić information content (AvgIpc) is 2.72. The number of aryl methyl sites for hydroxylation is 2. The summed E-state index contributed by atoms with van der Waals surface area (Å²) in [6, 6.07) is 9.48. The van der Waals surface area contributed by atoms with Gasteiger partial charge in [-0.05, 0) is 67.6 Å². The fraction of sp³-hybridized carbons (Fsp3) is 0.435. The van der Waals surface area contributed by atoms with Crippen LogP contribution in [0.1, 0.15) is 27.8 Å². The van der Waals surface area contributed by atoms with Gasteiger partial charge in [-0.3, -0.25) is 4.79 Å². The molecular weight excluding hydrogens is 400 g/mol. The van der Waals surface area contributed by atoms with E-state index >= 15 is 0 Å². The van der Waals surface area contributed by atoms with Gasteiger partial charge in [-0.2, -0.15) is 4.31 Å². The summed E-state index contributed by atoms with van der Waals surface area (Å²) >= 11 is 0. The molecule has 6 nitrogen and oxygen atoms in total. The normalized spacial score (nSPS) is 15.3. The predicted octanol–water partition coefficient (Wildman–Crippen LogP) is 3.00. The van der Waals surface area contributed by atoms with E-state index in [1.165, 1.54) is 4.31 Å². The Kier molecular flexibility index (Phi) is 6.53. The molecule has 7 heteroatoms. The Morgan fingerprint density at radius 1 is 0.967 bits per heavy atom. The molecule has 3 rings (SSSR count). The van der Waals surface area contributed by atoms with E-state index in [0.29, 0.717) is 31.1 Å². The molecule has 1 amide bonds. The first-order valence-corrected chi connectivity index (χ1v) is 11.6. The summed E-state index contributed by atoms with van der Waals surface area (Å²) < 4.78 is 33.5. The maximum Gasteiger partial charge on any atom is 0.243 e. The Hall–Kier alpha value is -2.38. The Labute approximate surface area is 179 Å². The molecule has 0 atom stereocenters. The van der Waals surface area contributed by atoms with Crippen molar-refractivity contribution in [2.24, 2.45) is 0 Å². The minimum Gasteiger partial charge on any atom is -0.497 e. The molecule has 0 spiro atoms. The third-order valence-electron chi connectivity index (χ3n) is 5.98. The minimum atomic E-state index is -3.61. The zero-order chi connectivity index (χ0) is 22.1. The van der Waals surface area contributed by atoms with Gasteiger partial charge in [0.25, 0.3) is 0 Å². The van der Waals surface area contributed by atoms with Gasteiger partial charge in [-0.15, -0.1) is 0 Å². The van der Waals surface area contributed by atoms with Gasteiger partial charge in [-0.25, -0.2) is 8.42 Å². The Balaban J connectivity index is 1.71. The standard InChI is InChI=1S/C23H30N2O4S/c1-16-13-17(2)19(4)23(18(16)3)30(27,28)25-11-9-24(10-12-25)22(26)15-20-7-6-8-21(14-20)29-5/h6-8,13-14H,9-12,15H2,1-5H3. The topological polar surface area (TPSA) is 66.9 Å². The number of hydrogen-bond acceptors (Lipinski definition) is 4. The lowest BCUT2D eigenvalue weighted by atomic mass is 10.0. The molecule has 2 aromatic carbocycles. The van der Waals surface area contributed by atoms with Crippen molar-refractivity contribution < 1.29 is 17.9 Å². The lowest BCUT2D eigenvalue weighted by molar-refractivity contribution is -0.131. The van der Waals surface area contributed by atoms with Crippen LogP contribution in [0.15, 0.2) is 35.2 Å². The third kappa shape index (κ3) is 4.37. The molecule has 0 N–H and O–H groups in total. The third-order valence-corrected chi connectivity index (χ3v) is 8.15. The maximum absolute atomic E-state index is 13.4. The van der Waals surface area contributed by atoms with Crippen molar-refractivity contribution in [1.29, 1.82) is 0 Å². The number of benzene rings is 2. The lowest BCUT2D eigenvalue weighted by Crippen LogP contribution is -2.51. The highest BCUT2D eigenvalue weighted by Gasteiger charge is 2.32. The van der Waals surface area contributed by atoms with E-state index in [9.17, 15) is 13.2 Å². The van der Waals surface area contributed by atoms with Crippen LogP contribution in [0.4, 0.5) is 0 Å². The smallest absolute Gasteiger partial charge is 0.243 e. The molecular formula is C23H30N2O4S. The fourth-order valence-electron chi connectivity index (χ4n) is 3.94. The number of carbonyl (C=O) groups is 1. The molecule has 1 fully saturated rings. The lowest BCUT2D eigenvalue weighted by Gasteiger charge is -2.35. The summed E-state index contributed by atoms with van der Waals surface area (Å²) in [7, 11) is -2.01. The highest BCUT2D eigenvalue weighted by atomic mass is 32.2. The maximum atomic E-state index is 13.4. The molecule has 1 heterocycles. The molecule has 30 heavy (non-hydrogen) atoms. The number of nitrogens with zero attached hydrogens (tertiary/aromatic N) is 2. The van der Waals surface area contributed by atoms with Crippen LogP contribution in [0, 0.1) is 27.7 Å². The van der Waals surface area contributed by atoms with E-state index in [4.69, 9.17) is 4.74 Å². The van der Waals surface area contributed by atoms with Gasteiger partial charge in [-0.1, -0.05) is 18.2 Å². The second-order valence-electron chi connectivity index (χ2n) is 7.90. The largest absolute Gasteiger partial charge is 0.497 e. The zero-order valence-electron chi connectivity index (χ0n) is 18.4. The van der Waals surface area contributed by atoms with Crippen molar-refractivity contribution in [1.82, 2.24) is 9.21 Å². The SMILES string of the molecule is COc1cccc(CC(=O)N2CCN(S(=O)(=O)c3c(C)c(C)cc(C)c3C)CC2)c1. The number of amides is 1. The van der Waals surface area contributed by atoms with E-state index in [1.807, 2.05) is 58.0 Å². The summed E-state index contributed by atoms with van der Waals surface area (Å²) in [5, 5.41) is 0. The number of carbonyl (C=O) groups excluding carboxylic acids is 1. The number of sulfonamides is 1. The van der Waals surface area contributed by atoms with Crippen molar-refractivity contribution in [3.8, 4) is 5.75 Å². The van der Waals surface area contributed by atoms with Crippen LogP contribution in [0.25, 0.3) is 0 Å². The minimum absolute atomic E-state index is 0.000868. The highest BCUT2D eigenvalue weighted by molar-refractivity contribution is 7.89. The number of methoxy groups -OCH3 is 1. The second-order valence-corrected chi connectivity index (χ2v) is 9.78. The number of hydrogen-bond donors (Lipinski definition) is 0. The summed E-state index contributed by atoms with van der Waals surface area (Å²) in [4.78, 5) is 14.9.